The molecule has 1 saturated carbocycles. The van der Waals surface area contributed by atoms with E-state index in [-0.39, 0.29) is 6.04 Å². The number of pyridine rings is 1. The molecule has 0 aliphatic heterocycles. The minimum absolute atomic E-state index is 0.182. The summed E-state index contributed by atoms with van der Waals surface area (Å²) < 4.78 is 0. The summed E-state index contributed by atoms with van der Waals surface area (Å²) in [6.07, 6.45) is 4.57. The van der Waals surface area contributed by atoms with Crippen LogP contribution in [0.25, 0.3) is 0 Å². The van der Waals surface area contributed by atoms with Crippen LogP contribution in [0.15, 0.2) is 18.3 Å². The van der Waals surface area contributed by atoms with Crippen molar-refractivity contribution in [2.24, 2.45) is 5.73 Å². The lowest BCUT2D eigenvalue weighted by molar-refractivity contribution is 0.711. The molecule has 1 fully saturated rings. The maximum absolute atomic E-state index is 5.77. The molecule has 2 N–H and O–H groups in total. The van der Waals surface area contributed by atoms with Gasteiger partial charge in [-0.3, -0.25) is 0 Å². The molecule has 15 heavy (non-hydrogen) atoms. The number of rotatable bonds is 4. The second-order valence-electron chi connectivity index (χ2n) is 4.58. The fourth-order valence-electron chi connectivity index (χ4n) is 1.84. The van der Waals surface area contributed by atoms with Crippen LogP contribution in [0.4, 0.5) is 5.82 Å². The first-order chi connectivity index (χ1) is 7.16. The third-order valence-electron chi connectivity index (χ3n) is 2.77. The third-order valence-corrected chi connectivity index (χ3v) is 2.77. The highest BCUT2D eigenvalue weighted by Gasteiger charge is 2.23. The Labute approximate surface area is 91.3 Å². The van der Waals surface area contributed by atoms with Gasteiger partial charge in [0.25, 0.3) is 0 Å². The summed E-state index contributed by atoms with van der Waals surface area (Å²) in [6.45, 7) is 2.86. The minimum atomic E-state index is 0.182. The van der Waals surface area contributed by atoms with Crippen molar-refractivity contribution in [2.75, 3.05) is 18.5 Å². The Bertz CT molecular complexity index is 331. The first-order valence-corrected chi connectivity index (χ1v) is 5.59. The van der Waals surface area contributed by atoms with Crippen LogP contribution in [-0.2, 0) is 0 Å². The maximum Gasteiger partial charge on any atom is 0.128 e. The average Bonchev–Trinajstić information content (AvgIpc) is 3.00. The molecule has 3 nitrogen and oxygen atoms in total. The summed E-state index contributed by atoms with van der Waals surface area (Å²) >= 11 is 0. The third kappa shape index (κ3) is 2.69. The number of nitrogens with zero attached hydrogens (tertiary/aromatic N) is 2. The lowest BCUT2D eigenvalue weighted by Gasteiger charge is -2.20. The lowest BCUT2D eigenvalue weighted by Crippen LogP contribution is -2.33. The summed E-state index contributed by atoms with van der Waals surface area (Å²) in [4.78, 5) is 6.49. The molecule has 1 aromatic rings. The van der Waals surface area contributed by atoms with E-state index in [0.717, 1.165) is 18.3 Å². The molecule has 0 radical (unpaired) electrons. The fraction of sp³-hybridized carbons (Fsp3) is 0.583. The monoisotopic (exact) mass is 205 g/mol. The molecule has 0 amide bonds. The second kappa shape index (κ2) is 4.19. The van der Waals surface area contributed by atoms with Gasteiger partial charge in [0.15, 0.2) is 0 Å². The highest BCUT2D eigenvalue weighted by atomic mass is 15.2. The molecule has 3 heteroatoms. The molecule has 1 aliphatic carbocycles. The first kappa shape index (κ1) is 10.4. The van der Waals surface area contributed by atoms with Gasteiger partial charge >= 0.3 is 0 Å². The summed E-state index contributed by atoms with van der Waals surface area (Å²) in [6, 6.07) is 4.50. The van der Waals surface area contributed by atoms with Crippen molar-refractivity contribution >= 4 is 5.82 Å². The van der Waals surface area contributed by atoms with Crippen LogP contribution in [0.1, 0.15) is 31.2 Å². The van der Waals surface area contributed by atoms with Gasteiger partial charge < -0.3 is 10.6 Å². The molecule has 82 valence electrons. The van der Waals surface area contributed by atoms with Gasteiger partial charge in [-0.05, 0) is 43.4 Å². The maximum atomic E-state index is 5.77. The Morgan fingerprint density at radius 2 is 2.33 bits per heavy atom. The van der Waals surface area contributed by atoms with Gasteiger partial charge in [-0.15, -0.1) is 0 Å². The number of nitrogens with two attached hydrogens (primary N) is 1. The van der Waals surface area contributed by atoms with Gasteiger partial charge in [0, 0.05) is 25.8 Å². The molecule has 2 rings (SSSR count). The molecular weight excluding hydrogens is 186 g/mol. The fourth-order valence-corrected chi connectivity index (χ4v) is 1.84. The Morgan fingerprint density at radius 3 is 2.93 bits per heavy atom. The molecule has 1 atom stereocenters. The van der Waals surface area contributed by atoms with Gasteiger partial charge in [-0.25, -0.2) is 4.98 Å². The van der Waals surface area contributed by atoms with E-state index in [9.17, 15) is 0 Å². The molecule has 0 bridgehead atoms. The summed E-state index contributed by atoms with van der Waals surface area (Å²) in [5, 5.41) is 0. The summed E-state index contributed by atoms with van der Waals surface area (Å²) in [7, 11) is 2.04. The number of aromatic nitrogens is 1. The van der Waals surface area contributed by atoms with Crippen LogP contribution in [0.5, 0.6) is 0 Å². The normalized spacial score (nSPS) is 17.5. The Kier molecular flexibility index (Phi) is 2.91. The molecule has 1 aliphatic rings. The van der Waals surface area contributed by atoms with Gasteiger partial charge in [0.2, 0.25) is 0 Å². The molecule has 1 heterocycles. The van der Waals surface area contributed by atoms with E-state index in [1.165, 1.54) is 18.4 Å². The Hall–Kier alpha value is -1.09. The van der Waals surface area contributed by atoms with E-state index in [0.29, 0.717) is 0 Å². The van der Waals surface area contributed by atoms with E-state index in [2.05, 4.69) is 22.0 Å². The molecule has 0 spiro atoms. The van der Waals surface area contributed by atoms with E-state index in [1.807, 2.05) is 20.2 Å². The van der Waals surface area contributed by atoms with Gasteiger partial charge in [0.05, 0.1) is 0 Å². The van der Waals surface area contributed by atoms with Crippen LogP contribution in [0.3, 0.4) is 0 Å². The standard InChI is InChI=1S/C12H19N3/c1-9(13)8-15(2)12-7-11(5-6-14-12)10-3-4-10/h5-7,9-10H,3-4,8,13H2,1-2H3. The van der Waals surface area contributed by atoms with Crippen molar-refractivity contribution in [1.29, 1.82) is 0 Å². The SMILES string of the molecule is CC(N)CN(C)c1cc(C2CC2)ccn1. The van der Waals surface area contributed by atoms with Crippen molar-refractivity contribution in [3.8, 4) is 0 Å². The zero-order valence-electron chi connectivity index (χ0n) is 9.48. The van der Waals surface area contributed by atoms with Crippen molar-refractivity contribution in [1.82, 2.24) is 4.98 Å². The van der Waals surface area contributed by atoms with Gasteiger partial charge in [-0.1, -0.05) is 0 Å². The lowest BCUT2D eigenvalue weighted by atomic mass is 10.2. The predicted octanol–water partition coefficient (Wildman–Crippen LogP) is 1.74. The predicted molar refractivity (Wildman–Crippen MR) is 63.1 cm³/mol. The van der Waals surface area contributed by atoms with Crippen molar-refractivity contribution in [3.05, 3.63) is 23.9 Å². The number of hydrogen-bond acceptors (Lipinski definition) is 3. The number of hydrogen-bond donors (Lipinski definition) is 1. The van der Waals surface area contributed by atoms with Gasteiger partial charge in [-0.2, -0.15) is 0 Å². The van der Waals surface area contributed by atoms with Crippen LogP contribution in [0.2, 0.25) is 0 Å². The van der Waals surface area contributed by atoms with Crippen molar-refractivity contribution in [2.45, 2.75) is 31.7 Å². The largest absolute Gasteiger partial charge is 0.358 e. The zero-order chi connectivity index (χ0) is 10.8. The summed E-state index contributed by atoms with van der Waals surface area (Å²) in [5.41, 5.74) is 7.20. The van der Waals surface area contributed by atoms with Crippen LogP contribution >= 0.6 is 0 Å². The van der Waals surface area contributed by atoms with E-state index in [1.54, 1.807) is 0 Å². The summed E-state index contributed by atoms with van der Waals surface area (Å²) in [5.74, 6) is 1.83. The van der Waals surface area contributed by atoms with E-state index in [4.69, 9.17) is 5.73 Å². The minimum Gasteiger partial charge on any atom is -0.358 e. The zero-order valence-corrected chi connectivity index (χ0v) is 9.48. The second-order valence-corrected chi connectivity index (χ2v) is 4.58. The van der Waals surface area contributed by atoms with Crippen LogP contribution in [0, 0.1) is 0 Å². The Balaban J connectivity index is 2.09. The van der Waals surface area contributed by atoms with E-state index >= 15 is 0 Å². The topological polar surface area (TPSA) is 42.1 Å². The highest BCUT2D eigenvalue weighted by molar-refractivity contribution is 5.42. The molecule has 1 unspecified atom stereocenters. The number of likely N-dealkylation sites (N-methyl/N-ethyl adjacent to an activating group) is 1. The molecular formula is C12H19N3. The van der Waals surface area contributed by atoms with E-state index < -0.39 is 0 Å². The molecule has 0 saturated heterocycles. The quantitative estimate of drug-likeness (QED) is 0.814. The number of anilines is 1. The highest BCUT2D eigenvalue weighted by Crippen LogP contribution is 2.40. The molecule has 1 aromatic heterocycles. The van der Waals surface area contributed by atoms with Gasteiger partial charge in [0.1, 0.15) is 5.82 Å². The Morgan fingerprint density at radius 1 is 1.60 bits per heavy atom. The van der Waals surface area contributed by atoms with Crippen molar-refractivity contribution < 1.29 is 0 Å². The smallest absolute Gasteiger partial charge is 0.128 e. The van der Waals surface area contributed by atoms with Crippen LogP contribution < -0.4 is 10.6 Å². The van der Waals surface area contributed by atoms with Crippen LogP contribution in [-0.4, -0.2) is 24.6 Å². The first-order valence-electron chi connectivity index (χ1n) is 5.59. The average molecular weight is 205 g/mol. The van der Waals surface area contributed by atoms with Crippen molar-refractivity contribution in [3.63, 3.8) is 0 Å². The molecule has 0 aromatic carbocycles.